The summed E-state index contributed by atoms with van der Waals surface area (Å²) in [5, 5.41) is 14.5. The van der Waals surface area contributed by atoms with Crippen LogP contribution < -0.4 is 5.73 Å². The van der Waals surface area contributed by atoms with Gasteiger partial charge >= 0.3 is 0 Å². The van der Waals surface area contributed by atoms with E-state index >= 15 is 0 Å². The third kappa shape index (κ3) is 1.69. The maximum absolute atomic E-state index is 9.94. The lowest BCUT2D eigenvalue weighted by Crippen LogP contribution is -2.28. The first-order valence-corrected chi connectivity index (χ1v) is 6.28. The Labute approximate surface area is 106 Å². The molecule has 1 atom stereocenters. The Morgan fingerprint density at radius 3 is 2.94 bits per heavy atom. The van der Waals surface area contributed by atoms with Crippen LogP contribution in [0.5, 0.6) is 5.75 Å². The second-order valence-electron chi connectivity index (χ2n) is 4.91. The number of hydrogen-bond acceptors (Lipinski definition) is 3. The zero-order valence-electron chi connectivity index (χ0n) is 10.4. The Kier molecular flexibility index (Phi) is 2.59. The van der Waals surface area contributed by atoms with Gasteiger partial charge in [-0.1, -0.05) is 12.1 Å². The Morgan fingerprint density at radius 2 is 2.17 bits per heavy atom. The molecule has 4 heteroatoms. The zero-order chi connectivity index (χ0) is 12.7. The van der Waals surface area contributed by atoms with Crippen molar-refractivity contribution in [1.29, 1.82) is 0 Å². The summed E-state index contributed by atoms with van der Waals surface area (Å²) in [6.07, 6.45) is 2.78. The third-order valence-electron chi connectivity index (χ3n) is 3.62. The fourth-order valence-electron chi connectivity index (χ4n) is 2.66. The summed E-state index contributed by atoms with van der Waals surface area (Å²) in [4.78, 5) is 0. The van der Waals surface area contributed by atoms with Crippen molar-refractivity contribution in [3.05, 3.63) is 41.2 Å². The molecule has 0 bridgehead atoms. The molecule has 0 radical (unpaired) electrons. The zero-order valence-corrected chi connectivity index (χ0v) is 10.4. The van der Waals surface area contributed by atoms with Gasteiger partial charge in [0.05, 0.1) is 5.69 Å². The topological polar surface area (TPSA) is 64.1 Å². The number of hydrogen-bond donors (Lipinski definition) is 2. The second-order valence-corrected chi connectivity index (χ2v) is 4.91. The van der Waals surface area contributed by atoms with Crippen LogP contribution in [0.25, 0.3) is 5.69 Å². The van der Waals surface area contributed by atoms with Crippen molar-refractivity contribution >= 4 is 0 Å². The molecule has 1 heterocycles. The minimum atomic E-state index is 0.234. The molecule has 1 aromatic carbocycles. The number of benzene rings is 1. The first-order valence-electron chi connectivity index (χ1n) is 6.28. The lowest BCUT2D eigenvalue weighted by molar-refractivity contribution is 0.468. The summed E-state index contributed by atoms with van der Waals surface area (Å²) in [6, 6.07) is 7.53. The van der Waals surface area contributed by atoms with E-state index in [9.17, 15) is 5.11 Å². The molecule has 0 fully saturated rings. The second kappa shape index (κ2) is 4.14. The van der Waals surface area contributed by atoms with Gasteiger partial charge in [0.1, 0.15) is 11.4 Å². The molecule has 0 amide bonds. The lowest BCUT2D eigenvalue weighted by Gasteiger charge is -2.20. The van der Waals surface area contributed by atoms with E-state index in [0.29, 0.717) is 0 Å². The first kappa shape index (κ1) is 11.3. The molecule has 0 spiro atoms. The van der Waals surface area contributed by atoms with Gasteiger partial charge in [-0.2, -0.15) is 5.10 Å². The Hall–Kier alpha value is -1.81. The van der Waals surface area contributed by atoms with E-state index in [1.54, 1.807) is 6.07 Å². The van der Waals surface area contributed by atoms with Crippen molar-refractivity contribution in [1.82, 2.24) is 9.78 Å². The Balaban J connectivity index is 2.15. The number of rotatable bonds is 1. The highest BCUT2D eigenvalue weighted by atomic mass is 16.3. The van der Waals surface area contributed by atoms with Crippen molar-refractivity contribution in [2.45, 2.75) is 32.2 Å². The van der Waals surface area contributed by atoms with Crippen molar-refractivity contribution in [2.24, 2.45) is 5.73 Å². The van der Waals surface area contributed by atoms with E-state index < -0.39 is 0 Å². The summed E-state index contributed by atoms with van der Waals surface area (Å²) in [6.45, 7) is 2.01. The van der Waals surface area contributed by atoms with Crippen LogP contribution >= 0.6 is 0 Å². The van der Waals surface area contributed by atoms with Crippen LogP contribution in [0.4, 0.5) is 0 Å². The highest BCUT2D eigenvalue weighted by Crippen LogP contribution is 2.29. The Morgan fingerprint density at radius 1 is 1.39 bits per heavy atom. The number of fused-ring (bicyclic) bond motifs is 1. The molecule has 0 saturated carbocycles. The number of aromatic hydroxyl groups is 1. The van der Waals surface area contributed by atoms with E-state index in [1.807, 2.05) is 29.8 Å². The van der Waals surface area contributed by atoms with E-state index in [4.69, 9.17) is 5.73 Å². The van der Waals surface area contributed by atoms with Crippen LogP contribution in [-0.4, -0.2) is 20.9 Å². The van der Waals surface area contributed by atoms with Gasteiger partial charge in [-0.05, 0) is 43.9 Å². The normalized spacial score (nSPS) is 18.7. The average Bonchev–Trinajstić information content (AvgIpc) is 2.67. The van der Waals surface area contributed by atoms with Crippen molar-refractivity contribution < 1.29 is 5.11 Å². The molecule has 94 valence electrons. The fraction of sp³-hybridized carbons (Fsp3) is 0.357. The SMILES string of the molecule is Cc1nn(-c2ccccc2O)c2c1CC(N)CC2. The molecule has 3 N–H and O–H groups in total. The standard InChI is InChI=1S/C14H17N3O/c1-9-11-8-10(15)6-7-12(11)17(16-9)13-4-2-3-5-14(13)18/h2-5,10,18H,6-8,15H2,1H3. The molecular weight excluding hydrogens is 226 g/mol. The quantitative estimate of drug-likeness (QED) is 0.801. The first-order chi connectivity index (χ1) is 8.66. The minimum absolute atomic E-state index is 0.234. The van der Waals surface area contributed by atoms with E-state index in [1.165, 1.54) is 11.3 Å². The van der Waals surface area contributed by atoms with E-state index in [-0.39, 0.29) is 11.8 Å². The van der Waals surface area contributed by atoms with Crippen LogP contribution in [0, 0.1) is 6.92 Å². The molecule has 1 unspecified atom stereocenters. The summed E-state index contributed by atoms with van der Waals surface area (Å²) in [5.41, 5.74) is 10.2. The summed E-state index contributed by atoms with van der Waals surface area (Å²) in [7, 11) is 0. The summed E-state index contributed by atoms with van der Waals surface area (Å²) >= 11 is 0. The molecule has 1 aromatic heterocycles. The number of nitrogens with two attached hydrogens (primary N) is 1. The smallest absolute Gasteiger partial charge is 0.141 e. The summed E-state index contributed by atoms with van der Waals surface area (Å²) < 4.78 is 1.87. The van der Waals surface area contributed by atoms with Crippen LogP contribution in [0.1, 0.15) is 23.4 Å². The number of phenolic OH excluding ortho intramolecular Hbond substituents is 1. The fourth-order valence-corrected chi connectivity index (χ4v) is 2.66. The van der Waals surface area contributed by atoms with Crippen LogP contribution in [-0.2, 0) is 12.8 Å². The highest BCUT2D eigenvalue weighted by Gasteiger charge is 2.23. The van der Waals surface area contributed by atoms with Gasteiger partial charge in [0.2, 0.25) is 0 Å². The molecule has 3 rings (SSSR count). The van der Waals surface area contributed by atoms with E-state index in [0.717, 1.165) is 30.6 Å². The van der Waals surface area contributed by atoms with Gasteiger partial charge in [-0.15, -0.1) is 0 Å². The van der Waals surface area contributed by atoms with Gasteiger partial charge in [0, 0.05) is 11.7 Å². The molecule has 0 saturated heterocycles. The number of aryl methyl sites for hydroxylation is 1. The van der Waals surface area contributed by atoms with E-state index in [2.05, 4.69) is 5.10 Å². The lowest BCUT2D eigenvalue weighted by atomic mass is 9.92. The van der Waals surface area contributed by atoms with Crippen LogP contribution in [0.15, 0.2) is 24.3 Å². The molecule has 18 heavy (non-hydrogen) atoms. The highest BCUT2D eigenvalue weighted by molar-refractivity contribution is 5.48. The van der Waals surface area contributed by atoms with Gasteiger partial charge < -0.3 is 10.8 Å². The van der Waals surface area contributed by atoms with Gasteiger partial charge in [-0.3, -0.25) is 0 Å². The number of aromatic nitrogens is 2. The van der Waals surface area contributed by atoms with Crippen LogP contribution in [0.3, 0.4) is 0 Å². The molecule has 1 aliphatic rings. The molecule has 4 nitrogen and oxygen atoms in total. The molecular formula is C14H17N3O. The van der Waals surface area contributed by atoms with Crippen molar-refractivity contribution in [3.8, 4) is 11.4 Å². The number of para-hydroxylation sites is 2. The summed E-state index contributed by atoms with van der Waals surface area (Å²) in [5.74, 6) is 0.262. The van der Waals surface area contributed by atoms with Crippen molar-refractivity contribution in [2.75, 3.05) is 0 Å². The predicted octanol–water partition coefficient (Wildman–Crippen LogP) is 1.70. The number of nitrogens with zero attached hydrogens (tertiary/aromatic N) is 2. The minimum Gasteiger partial charge on any atom is -0.506 e. The maximum atomic E-state index is 9.94. The van der Waals surface area contributed by atoms with Gasteiger partial charge in [0.15, 0.2) is 0 Å². The number of phenols is 1. The maximum Gasteiger partial charge on any atom is 0.141 e. The molecule has 0 aliphatic heterocycles. The predicted molar refractivity (Wildman–Crippen MR) is 70.0 cm³/mol. The van der Waals surface area contributed by atoms with Gasteiger partial charge in [-0.25, -0.2) is 4.68 Å². The average molecular weight is 243 g/mol. The largest absolute Gasteiger partial charge is 0.506 e. The van der Waals surface area contributed by atoms with Gasteiger partial charge in [0.25, 0.3) is 0 Å². The molecule has 1 aliphatic carbocycles. The Bertz CT molecular complexity index is 589. The van der Waals surface area contributed by atoms with Crippen molar-refractivity contribution in [3.63, 3.8) is 0 Å². The molecule has 2 aromatic rings. The third-order valence-corrected chi connectivity index (χ3v) is 3.62. The monoisotopic (exact) mass is 243 g/mol. The van der Waals surface area contributed by atoms with Crippen LogP contribution in [0.2, 0.25) is 0 Å².